The van der Waals surface area contributed by atoms with Gasteiger partial charge in [-0.05, 0) is 24.5 Å². The van der Waals surface area contributed by atoms with Crippen LogP contribution in [-0.4, -0.2) is 37.1 Å². The van der Waals surface area contributed by atoms with E-state index in [0.29, 0.717) is 11.3 Å². The van der Waals surface area contributed by atoms with Gasteiger partial charge >= 0.3 is 17.9 Å². The number of hydrogen-bond donors (Lipinski definition) is 1. The molecule has 7 nitrogen and oxygen atoms in total. The first-order chi connectivity index (χ1) is 12.5. The fourth-order valence-corrected chi connectivity index (χ4v) is 2.60. The quantitative estimate of drug-likeness (QED) is 0.603. The molecule has 0 amide bonds. The zero-order valence-electron chi connectivity index (χ0n) is 15.0. The van der Waals surface area contributed by atoms with Crippen molar-refractivity contribution in [2.75, 3.05) is 14.2 Å². The Bertz CT molecular complexity index is 794. The van der Waals surface area contributed by atoms with E-state index in [0.717, 1.165) is 5.56 Å². The molecule has 1 heterocycles. The number of carbonyl (C=O) groups is 3. The topological polar surface area (TPSA) is 94.7 Å². The van der Waals surface area contributed by atoms with Crippen LogP contribution < -0.4 is 0 Å². The van der Waals surface area contributed by atoms with Crippen molar-refractivity contribution in [3.63, 3.8) is 0 Å². The fourth-order valence-electron chi connectivity index (χ4n) is 2.60. The van der Waals surface area contributed by atoms with Crippen molar-refractivity contribution >= 4 is 17.9 Å². The maximum atomic E-state index is 12.6. The van der Waals surface area contributed by atoms with Crippen LogP contribution in [0.2, 0.25) is 0 Å². The monoisotopic (exact) mass is 359 g/mol. The molecule has 0 spiro atoms. The Balaban J connectivity index is 2.26. The summed E-state index contributed by atoms with van der Waals surface area (Å²) in [6.07, 6.45) is 0.175. The maximum Gasteiger partial charge on any atom is 0.354 e. The minimum atomic E-state index is -0.616. The summed E-state index contributed by atoms with van der Waals surface area (Å²) in [4.78, 5) is 38.9. The van der Waals surface area contributed by atoms with E-state index in [2.05, 4.69) is 9.72 Å². The van der Waals surface area contributed by atoms with Crippen LogP contribution in [0.25, 0.3) is 0 Å². The molecule has 0 unspecified atom stereocenters. The molecule has 2 aromatic rings. The Morgan fingerprint density at radius 1 is 1.00 bits per heavy atom. The molecule has 26 heavy (non-hydrogen) atoms. The largest absolute Gasteiger partial charge is 0.469 e. The number of esters is 3. The van der Waals surface area contributed by atoms with Gasteiger partial charge in [-0.2, -0.15) is 0 Å². The summed E-state index contributed by atoms with van der Waals surface area (Å²) in [5.41, 5.74) is 2.09. The fraction of sp³-hybridized carbons (Fsp3) is 0.316. The van der Waals surface area contributed by atoms with Gasteiger partial charge in [0.05, 0.1) is 19.8 Å². The van der Waals surface area contributed by atoms with Crippen LogP contribution >= 0.6 is 0 Å². The van der Waals surface area contributed by atoms with E-state index in [9.17, 15) is 14.4 Å². The molecule has 0 saturated heterocycles. The molecule has 1 aromatic carbocycles. The molecule has 0 radical (unpaired) electrons. The van der Waals surface area contributed by atoms with Crippen LogP contribution in [-0.2, 0) is 32.0 Å². The number of benzene rings is 1. The maximum absolute atomic E-state index is 12.6. The number of aromatic amines is 1. The number of aryl methyl sites for hydroxylation is 1. The lowest BCUT2D eigenvalue weighted by Crippen LogP contribution is -2.12. The number of rotatable bonds is 7. The number of methoxy groups -OCH3 is 2. The molecule has 0 aliphatic carbocycles. The van der Waals surface area contributed by atoms with Crippen molar-refractivity contribution in [1.82, 2.24) is 4.98 Å². The van der Waals surface area contributed by atoms with Crippen LogP contribution in [0.3, 0.4) is 0 Å². The van der Waals surface area contributed by atoms with E-state index < -0.39 is 17.9 Å². The summed E-state index contributed by atoms with van der Waals surface area (Å²) < 4.78 is 14.7. The highest BCUT2D eigenvalue weighted by molar-refractivity contribution is 5.98. The summed E-state index contributed by atoms with van der Waals surface area (Å²) in [7, 11) is 2.52. The third-order valence-corrected chi connectivity index (χ3v) is 3.90. The average molecular weight is 359 g/mol. The summed E-state index contributed by atoms with van der Waals surface area (Å²) >= 11 is 0. The van der Waals surface area contributed by atoms with E-state index in [-0.39, 0.29) is 30.7 Å². The van der Waals surface area contributed by atoms with Crippen molar-refractivity contribution < 1.29 is 28.6 Å². The van der Waals surface area contributed by atoms with E-state index >= 15 is 0 Å². The second-order valence-corrected chi connectivity index (χ2v) is 5.61. The number of carbonyl (C=O) groups excluding carboxylic acids is 3. The molecule has 2 rings (SSSR count). The van der Waals surface area contributed by atoms with Gasteiger partial charge in [0, 0.05) is 12.1 Å². The van der Waals surface area contributed by atoms with Gasteiger partial charge in [-0.1, -0.05) is 30.3 Å². The molecule has 0 saturated carbocycles. The van der Waals surface area contributed by atoms with Crippen LogP contribution in [0.1, 0.15) is 44.1 Å². The third-order valence-electron chi connectivity index (χ3n) is 3.90. The van der Waals surface area contributed by atoms with Crippen molar-refractivity contribution in [3.05, 3.63) is 58.4 Å². The Hall–Kier alpha value is -3.09. The molecule has 1 aromatic heterocycles. The number of nitrogens with one attached hydrogen (secondary N) is 1. The van der Waals surface area contributed by atoms with Gasteiger partial charge in [-0.15, -0.1) is 0 Å². The van der Waals surface area contributed by atoms with Gasteiger partial charge in [-0.25, -0.2) is 9.59 Å². The lowest BCUT2D eigenvalue weighted by atomic mass is 10.0. The predicted molar refractivity (Wildman–Crippen MR) is 92.8 cm³/mol. The molecule has 1 N–H and O–H groups in total. The van der Waals surface area contributed by atoms with Gasteiger partial charge in [-0.3, -0.25) is 4.79 Å². The van der Waals surface area contributed by atoms with Gasteiger partial charge < -0.3 is 19.2 Å². The van der Waals surface area contributed by atoms with E-state index in [1.165, 1.54) is 14.2 Å². The van der Waals surface area contributed by atoms with E-state index in [1.807, 2.05) is 30.3 Å². The van der Waals surface area contributed by atoms with Crippen LogP contribution in [0, 0.1) is 6.92 Å². The summed E-state index contributed by atoms with van der Waals surface area (Å²) in [5.74, 6) is -1.63. The van der Waals surface area contributed by atoms with Crippen LogP contribution in [0.15, 0.2) is 30.3 Å². The summed E-state index contributed by atoms with van der Waals surface area (Å²) in [6.45, 7) is 1.77. The second kappa shape index (κ2) is 8.84. The zero-order chi connectivity index (χ0) is 19.1. The van der Waals surface area contributed by atoms with Gasteiger partial charge in [0.2, 0.25) is 0 Å². The molecule has 0 aliphatic rings. The molecule has 0 atom stereocenters. The molecule has 0 fully saturated rings. The number of ether oxygens (including phenoxy) is 3. The number of hydrogen-bond acceptors (Lipinski definition) is 6. The van der Waals surface area contributed by atoms with Crippen molar-refractivity contribution in [2.45, 2.75) is 26.4 Å². The Morgan fingerprint density at radius 3 is 2.31 bits per heavy atom. The molecule has 138 valence electrons. The average Bonchev–Trinajstić information content (AvgIpc) is 3.00. The highest BCUT2D eigenvalue weighted by Gasteiger charge is 2.26. The summed E-state index contributed by atoms with van der Waals surface area (Å²) in [5, 5.41) is 0. The first kappa shape index (κ1) is 19.2. The third kappa shape index (κ3) is 4.50. The van der Waals surface area contributed by atoms with E-state index in [1.54, 1.807) is 6.92 Å². The molecular weight excluding hydrogens is 338 g/mol. The number of H-pyrrole nitrogens is 1. The predicted octanol–water partition coefficient (Wildman–Crippen LogP) is 2.57. The van der Waals surface area contributed by atoms with Gasteiger partial charge in [0.15, 0.2) is 0 Å². The highest BCUT2D eigenvalue weighted by atomic mass is 16.5. The lowest BCUT2D eigenvalue weighted by Gasteiger charge is -2.08. The Labute approximate surface area is 151 Å². The van der Waals surface area contributed by atoms with Gasteiger partial charge in [0.1, 0.15) is 12.3 Å². The summed E-state index contributed by atoms with van der Waals surface area (Å²) in [6, 6.07) is 9.25. The highest BCUT2D eigenvalue weighted by Crippen LogP contribution is 2.23. The van der Waals surface area contributed by atoms with Crippen LogP contribution in [0.5, 0.6) is 0 Å². The second-order valence-electron chi connectivity index (χ2n) is 5.61. The molecule has 0 bridgehead atoms. The Morgan fingerprint density at radius 2 is 1.69 bits per heavy atom. The smallest absolute Gasteiger partial charge is 0.354 e. The SMILES string of the molecule is COC(=O)CCc1c(C(=O)OC)[nH]c(C)c1C(=O)OCc1ccccc1. The first-order valence-electron chi connectivity index (χ1n) is 8.05. The van der Waals surface area contributed by atoms with E-state index in [4.69, 9.17) is 9.47 Å². The van der Waals surface area contributed by atoms with Crippen molar-refractivity contribution in [2.24, 2.45) is 0 Å². The molecule has 0 aliphatic heterocycles. The zero-order valence-corrected chi connectivity index (χ0v) is 15.0. The standard InChI is InChI=1S/C19H21NO6/c1-12-16(18(22)26-11-13-7-5-4-6-8-13)14(9-10-15(21)24-2)17(20-12)19(23)25-3/h4-8,20H,9-11H2,1-3H3. The van der Waals surface area contributed by atoms with Gasteiger partial charge in [0.25, 0.3) is 0 Å². The normalized spacial score (nSPS) is 10.3. The first-order valence-corrected chi connectivity index (χ1v) is 8.05. The molecule has 7 heteroatoms. The molecular formula is C19H21NO6. The Kier molecular flexibility index (Phi) is 6.54. The lowest BCUT2D eigenvalue weighted by molar-refractivity contribution is -0.140. The number of aromatic nitrogens is 1. The minimum Gasteiger partial charge on any atom is -0.469 e. The minimum absolute atomic E-state index is 0.0246. The van der Waals surface area contributed by atoms with Crippen LogP contribution in [0.4, 0.5) is 0 Å². The van der Waals surface area contributed by atoms with Crippen molar-refractivity contribution in [3.8, 4) is 0 Å². The van der Waals surface area contributed by atoms with Crippen molar-refractivity contribution in [1.29, 1.82) is 0 Å².